The molecule has 2 fully saturated rings. The van der Waals surface area contributed by atoms with Gasteiger partial charge in [0.25, 0.3) is 0 Å². The number of amides is 1. The molecule has 4 nitrogen and oxygen atoms in total. The van der Waals surface area contributed by atoms with Crippen LogP contribution in [0.2, 0.25) is 0 Å². The van der Waals surface area contributed by atoms with Crippen molar-refractivity contribution in [3.63, 3.8) is 0 Å². The molecule has 1 aliphatic heterocycles. The SMILES string of the molecule is C=CCN(C(=O)C1COCC1NCC)C1CC1. The van der Waals surface area contributed by atoms with E-state index >= 15 is 0 Å². The summed E-state index contributed by atoms with van der Waals surface area (Å²) in [6, 6.07) is 0.627. The summed E-state index contributed by atoms with van der Waals surface area (Å²) in [6.45, 7) is 8.54. The van der Waals surface area contributed by atoms with Crippen molar-refractivity contribution >= 4 is 5.91 Å². The van der Waals surface area contributed by atoms with Gasteiger partial charge in [-0.3, -0.25) is 4.79 Å². The van der Waals surface area contributed by atoms with Crippen LogP contribution in [0.3, 0.4) is 0 Å². The molecule has 0 bridgehead atoms. The van der Waals surface area contributed by atoms with Gasteiger partial charge in [-0.05, 0) is 19.4 Å². The summed E-state index contributed by atoms with van der Waals surface area (Å²) in [7, 11) is 0. The van der Waals surface area contributed by atoms with Crippen molar-refractivity contribution in [1.29, 1.82) is 0 Å². The summed E-state index contributed by atoms with van der Waals surface area (Å²) in [6.07, 6.45) is 4.09. The number of hydrogen-bond acceptors (Lipinski definition) is 3. The smallest absolute Gasteiger partial charge is 0.230 e. The van der Waals surface area contributed by atoms with Crippen LogP contribution >= 0.6 is 0 Å². The first-order valence-electron chi connectivity index (χ1n) is 6.50. The monoisotopic (exact) mass is 238 g/mol. The van der Waals surface area contributed by atoms with Crippen molar-refractivity contribution < 1.29 is 9.53 Å². The van der Waals surface area contributed by atoms with Crippen LogP contribution in [-0.4, -0.2) is 49.2 Å². The number of carbonyl (C=O) groups is 1. The van der Waals surface area contributed by atoms with Crippen LogP contribution in [0.4, 0.5) is 0 Å². The van der Waals surface area contributed by atoms with Gasteiger partial charge in [-0.25, -0.2) is 0 Å². The lowest BCUT2D eigenvalue weighted by Gasteiger charge is -2.26. The molecule has 1 amide bonds. The van der Waals surface area contributed by atoms with E-state index in [2.05, 4.69) is 18.8 Å². The van der Waals surface area contributed by atoms with Crippen LogP contribution in [-0.2, 0) is 9.53 Å². The molecular weight excluding hydrogens is 216 g/mol. The first-order chi connectivity index (χ1) is 8.27. The number of hydrogen-bond donors (Lipinski definition) is 1. The molecule has 1 N–H and O–H groups in total. The molecular formula is C13H22N2O2. The lowest BCUT2D eigenvalue weighted by Crippen LogP contribution is -2.46. The Labute approximate surface area is 103 Å². The molecule has 2 aliphatic rings. The number of rotatable bonds is 6. The summed E-state index contributed by atoms with van der Waals surface area (Å²) in [4.78, 5) is 14.4. The molecule has 0 radical (unpaired) electrons. The molecule has 0 spiro atoms. The summed E-state index contributed by atoms with van der Waals surface area (Å²) in [5.74, 6) is 0.214. The van der Waals surface area contributed by atoms with Crippen molar-refractivity contribution in [1.82, 2.24) is 10.2 Å². The Morgan fingerprint density at radius 3 is 2.88 bits per heavy atom. The first-order valence-corrected chi connectivity index (χ1v) is 6.50. The largest absolute Gasteiger partial charge is 0.379 e. The molecule has 96 valence electrons. The van der Waals surface area contributed by atoms with E-state index in [4.69, 9.17) is 4.74 Å². The summed E-state index contributed by atoms with van der Waals surface area (Å²) in [5.41, 5.74) is 0. The van der Waals surface area contributed by atoms with E-state index < -0.39 is 0 Å². The molecule has 4 heteroatoms. The van der Waals surface area contributed by atoms with E-state index in [9.17, 15) is 4.79 Å². The average Bonchev–Trinajstić information content (AvgIpc) is 3.06. The zero-order valence-electron chi connectivity index (χ0n) is 10.5. The fourth-order valence-electron chi connectivity index (χ4n) is 2.42. The molecule has 17 heavy (non-hydrogen) atoms. The molecule has 2 unspecified atom stereocenters. The number of carbonyl (C=O) groups excluding carboxylic acids is 1. The third kappa shape index (κ3) is 2.87. The second-order valence-electron chi connectivity index (χ2n) is 4.82. The molecule has 0 aromatic rings. The van der Waals surface area contributed by atoms with Crippen LogP contribution in [0.25, 0.3) is 0 Å². The van der Waals surface area contributed by atoms with Crippen molar-refractivity contribution in [3.8, 4) is 0 Å². The Bertz CT molecular complexity index is 289. The summed E-state index contributed by atoms with van der Waals surface area (Å²) < 4.78 is 5.44. The number of likely N-dealkylation sites (N-methyl/N-ethyl adjacent to an activating group) is 1. The predicted octanol–water partition coefficient (Wildman–Crippen LogP) is 0.788. The van der Waals surface area contributed by atoms with Crippen molar-refractivity contribution in [3.05, 3.63) is 12.7 Å². The maximum Gasteiger partial charge on any atom is 0.230 e. The molecule has 0 aromatic carbocycles. The normalized spacial score (nSPS) is 28.1. The third-order valence-corrected chi connectivity index (χ3v) is 3.46. The Kier molecular flexibility index (Phi) is 4.18. The predicted molar refractivity (Wildman–Crippen MR) is 66.7 cm³/mol. The average molecular weight is 238 g/mol. The minimum absolute atomic E-state index is 0.0181. The third-order valence-electron chi connectivity index (χ3n) is 3.46. The molecule has 1 saturated carbocycles. The van der Waals surface area contributed by atoms with Crippen LogP contribution in [0, 0.1) is 5.92 Å². The maximum atomic E-state index is 12.5. The lowest BCUT2D eigenvalue weighted by atomic mass is 10.0. The molecule has 1 saturated heterocycles. The Morgan fingerprint density at radius 1 is 1.53 bits per heavy atom. The molecule has 0 aromatic heterocycles. The summed E-state index contributed by atoms with van der Waals surface area (Å²) >= 11 is 0. The second kappa shape index (κ2) is 5.65. The lowest BCUT2D eigenvalue weighted by molar-refractivity contribution is -0.136. The Morgan fingerprint density at radius 2 is 2.29 bits per heavy atom. The quantitative estimate of drug-likeness (QED) is 0.696. The zero-order valence-corrected chi connectivity index (χ0v) is 10.5. The van der Waals surface area contributed by atoms with Crippen molar-refractivity contribution in [2.24, 2.45) is 5.92 Å². The Hall–Kier alpha value is -0.870. The van der Waals surface area contributed by atoms with Gasteiger partial charge in [0.2, 0.25) is 5.91 Å². The van der Waals surface area contributed by atoms with E-state index in [1.54, 1.807) is 0 Å². The van der Waals surface area contributed by atoms with Crippen LogP contribution in [0.5, 0.6) is 0 Å². The fourth-order valence-corrected chi connectivity index (χ4v) is 2.42. The highest BCUT2D eigenvalue weighted by molar-refractivity contribution is 5.81. The highest BCUT2D eigenvalue weighted by Crippen LogP contribution is 2.29. The van der Waals surface area contributed by atoms with E-state index in [1.165, 1.54) is 0 Å². The van der Waals surface area contributed by atoms with Crippen LogP contribution in [0.15, 0.2) is 12.7 Å². The topological polar surface area (TPSA) is 41.6 Å². The van der Waals surface area contributed by atoms with Gasteiger partial charge in [0.15, 0.2) is 0 Å². The number of nitrogens with one attached hydrogen (secondary N) is 1. The molecule has 1 heterocycles. The van der Waals surface area contributed by atoms with Gasteiger partial charge >= 0.3 is 0 Å². The van der Waals surface area contributed by atoms with Crippen LogP contribution in [0.1, 0.15) is 19.8 Å². The fraction of sp³-hybridized carbons (Fsp3) is 0.769. The van der Waals surface area contributed by atoms with Gasteiger partial charge in [0.1, 0.15) is 0 Å². The maximum absolute atomic E-state index is 12.5. The molecule has 2 atom stereocenters. The van der Waals surface area contributed by atoms with Crippen LogP contribution < -0.4 is 5.32 Å². The van der Waals surface area contributed by atoms with Gasteiger partial charge < -0.3 is 15.0 Å². The standard InChI is InChI=1S/C13H22N2O2/c1-3-7-15(10-5-6-10)13(16)11-8-17-9-12(11)14-4-2/h3,10-12,14H,1,4-9H2,2H3. The van der Waals surface area contributed by atoms with Crippen molar-refractivity contribution in [2.45, 2.75) is 31.8 Å². The highest BCUT2D eigenvalue weighted by Gasteiger charge is 2.40. The van der Waals surface area contributed by atoms with E-state index in [-0.39, 0.29) is 17.9 Å². The molecule has 1 aliphatic carbocycles. The number of nitrogens with zero attached hydrogens (tertiary/aromatic N) is 1. The molecule has 2 rings (SSSR count). The number of ether oxygens (including phenoxy) is 1. The summed E-state index contributed by atoms with van der Waals surface area (Å²) in [5, 5.41) is 3.33. The highest BCUT2D eigenvalue weighted by atomic mass is 16.5. The minimum Gasteiger partial charge on any atom is -0.379 e. The van der Waals surface area contributed by atoms with E-state index in [0.717, 1.165) is 19.4 Å². The van der Waals surface area contributed by atoms with Crippen molar-refractivity contribution in [2.75, 3.05) is 26.3 Å². The first kappa shape index (κ1) is 12.6. The van der Waals surface area contributed by atoms with Gasteiger partial charge in [-0.15, -0.1) is 6.58 Å². The minimum atomic E-state index is -0.0181. The van der Waals surface area contributed by atoms with E-state index in [1.807, 2.05) is 11.0 Å². The Balaban J connectivity index is 1.98. The van der Waals surface area contributed by atoms with Gasteiger partial charge in [0, 0.05) is 18.6 Å². The van der Waals surface area contributed by atoms with Gasteiger partial charge in [-0.1, -0.05) is 13.0 Å². The van der Waals surface area contributed by atoms with E-state index in [0.29, 0.717) is 25.8 Å². The van der Waals surface area contributed by atoms with Gasteiger partial charge in [-0.2, -0.15) is 0 Å². The van der Waals surface area contributed by atoms with Gasteiger partial charge in [0.05, 0.1) is 19.1 Å². The zero-order chi connectivity index (χ0) is 12.3. The second-order valence-corrected chi connectivity index (χ2v) is 4.82.